The summed E-state index contributed by atoms with van der Waals surface area (Å²) >= 11 is 0. The molecule has 0 spiro atoms. The molecule has 5 aromatic rings. The number of para-hydroxylation sites is 2. The Morgan fingerprint density at radius 3 is 2.42 bits per heavy atom. The van der Waals surface area contributed by atoms with Crippen molar-refractivity contribution in [3.63, 3.8) is 0 Å². The molecule has 0 saturated heterocycles. The van der Waals surface area contributed by atoms with Gasteiger partial charge < -0.3 is 9.88 Å². The lowest BCUT2D eigenvalue weighted by Crippen LogP contribution is -2.26. The Morgan fingerprint density at radius 2 is 1.55 bits per heavy atom. The van der Waals surface area contributed by atoms with Gasteiger partial charge in [-0.05, 0) is 46.5 Å². The third kappa shape index (κ3) is 4.96. The van der Waals surface area contributed by atoms with Crippen LogP contribution in [0.1, 0.15) is 23.4 Å². The van der Waals surface area contributed by atoms with Gasteiger partial charge in [-0.1, -0.05) is 78.9 Å². The van der Waals surface area contributed by atoms with E-state index in [9.17, 15) is 4.79 Å². The summed E-state index contributed by atoms with van der Waals surface area (Å²) in [5.41, 5.74) is 4.46. The van der Waals surface area contributed by atoms with Gasteiger partial charge in [0.1, 0.15) is 5.82 Å². The van der Waals surface area contributed by atoms with Crippen molar-refractivity contribution < 1.29 is 4.79 Å². The molecule has 33 heavy (non-hydrogen) atoms. The molecule has 0 radical (unpaired) electrons. The molecule has 0 saturated carbocycles. The van der Waals surface area contributed by atoms with E-state index in [1.807, 2.05) is 36.4 Å². The van der Waals surface area contributed by atoms with Crippen LogP contribution in [0.5, 0.6) is 0 Å². The molecule has 0 fully saturated rings. The number of nitrogens with one attached hydrogen (secondary N) is 1. The van der Waals surface area contributed by atoms with E-state index in [-0.39, 0.29) is 5.91 Å². The zero-order chi connectivity index (χ0) is 22.5. The van der Waals surface area contributed by atoms with Crippen LogP contribution in [0.2, 0.25) is 0 Å². The van der Waals surface area contributed by atoms with Crippen LogP contribution in [-0.4, -0.2) is 22.0 Å². The normalized spacial score (nSPS) is 11.2. The fourth-order valence-electron chi connectivity index (χ4n) is 4.33. The van der Waals surface area contributed by atoms with Crippen molar-refractivity contribution in [2.24, 2.45) is 0 Å². The molecule has 0 unspecified atom stereocenters. The number of imidazole rings is 1. The molecule has 4 heteroatoms. The minimum atomic E-state index is 0.0610. The summed E-state index contributed by atoms with van der Waals surface area (Å²) in [7, 11) is 0. The molecule has 0 bridgehead atoms. The maximum Gasteiger partial charge on any atom is 0.224 e. The van der Waals surface area contributed by atoms with Gasteiger partial charge in [0.25, 0.3) is 0 Å². The minimum absolute atomic E-state index is 0.0610. The van der Waals surface area contributed by atoms with Crippen LogP contribution in [0.4, 0.5) is 0 Å². The largest absolute Gasteiger partial charge is 0.356 e. The Morgan fingerprint density at radius 1 is 0.788 bits per heavy atom. The number of carbonyl (C=O) groups is 1. The Bertz CT molecular complexity index is 1390. The molecule has 0 atom stereocenters. The lowest BCUT2D eigenvalue weighted by atomic mass is 10.1. The van der Waals surface area contributed by atoms with Gasteiger partial charge >= 0.3 is 0 Å². The first kappa shape index (κ1) is 21.0. The number of aryl methyl sites for hydroxylation is 1. The van der Waals surface area contributed by atoms with Crippen LogP contribution in [0, 0.1) is 0 Å². The quantitative estimate of drug-likeness (QED) is 0.327. The van der Waals surface area contributed by atoms with Crippen LogP contribution < -0.4 is 5.32 Å². The number of nitrogens with zero attached hydrogens (tertiary/aromatic N) is 2. The first-order valence-corrected chi connectivity index (χ1v) is 11.5. The third-order valence-electron chi connectivity index (χ3n) is 6.00. The predicted octanol–water partition coefficient (Wildman–Crippen LogP) is 5.53. The number of rotatable bonds is 8. The van der Waals surface area contributed by atoms with E-state index in [1.54, 1.807) is 0 Å². The topological polar surface area (TPSA) is 46.9 Å². The van der Waals surface area contributed by atoms with Gasteiger partial charge in [0.05, 0.1) is 17.5 Å². The van der Waals surface area contributed by atoms with Crippen molar-refractivity contribution in [1.82, 2.24) is 14.9 Å². The first-order valence-electron chi connectivity index (χ1n) is 11.5. The highest BCUT2D eigenvalue weighted by Gasteiger charge is 2.11. The SMILES string of the molecule is O=C(Cc1ccccc1)NCCCc1nc2ccccc2n1Cc1ccc2ccccc2c1. The fourth-order valence-corrected chi connectivity index (χ4v) is 4.33. The number of amides is 1. The Labute approximate surface area is 193 Å². The number of aromatic nitrogens is 2. The summed E-state index contributed by atoms with van der Waals surface area (Å²) in [6.07, 6.45) is 2.08. The second-order valence-electron chi connectivity index (χ2n) is 8.40. The van der Waals surface area contributed by atoms with Crippen LogP contribution in [0.3, 0.4) is 0 Å². The lowest BCUT2D eigenvalue weighted by molar-refractivity contribution is -0.120. The zero-order valence-electron chi connectivity index (χ0n) is 18.6. The predicted molar refractivity (Wildman–Crippen MR) is 134 cm³/mol. The van der Waals surface area contributed by atoms with E-state index in [4.69, 9.17) is 4.98 Å². The molecule has 5 rings (SSSR count). The van der Waals surface area contributed by atoms with E-state index >= 15 is 0 Å². The Hall–Kier alpha value is -3.92. The molecule has 0 aliphatic heterocycles. The molecule has 1 amide bonds. The van der Waals surface area contributed by atoms with Gasteiger partial charge in [-0.2, -0.15) is 0 Å². The molecule has 1 aromatic heterocycles. The molecule has 0 aliphatic carbocycles. The summed E-state index contributed by atoms with van der Waals surface area (Å²) in [6.45, 7) is 1.42. The maximum atomic E-state index is 12.2. The average molecular weight is 434 g/mol. The summed E-state index contributed by atoms with van der Waals surface area (Å²) in [5.74, 6) is 1.12. The molecule has 4 nitrogen and oxygen atoms in total. The maximum absolute atomic E-state index is 12.2. The van der Waals surface area contributed by atoms with Gasteiger partial charge in [-0.15, -0.1) is 0 Å². The van der Waals surface area contributed by atoms with E-state index in [0.717, 1.165) is 41.8 Å². The van der Waals surface area contributed by atoms with Crippen molar-refractivity contribution in [2.45, 2.75) is 25.8 Å². The van der Waals surface area contributed by atoms with Crippen LogP contribution in [0.15, 0.2) is 97.1 Å². The average Bonchev–Trinajstić information content (AvgIpc) is 3.19. The summed E-state index contributed by atoms with van der Waals surface area (Å²) in [5, 5.41) is 5.55. The smallest absolute Gasteiger partial charge is 0.224 e. The second-order valence-corrected chi connectivity index (χ2v) is 8.40. The van der Waals surface area contributed by atoms with Crippen LogP contribution in [-0.2, 0) is 24.2 Å². The van der Waals surface area contributed by atoms with Crippen LogP contribution >= 0.6 is 0 Å². The number of hydrogen-bond donors (Lipinski definition) is 1. The first-order chi connectivity index (χ1) is 16.3. The van der Waals surface area contributed by atoms with Crippen molar-refractivity contribution >= 4 is 27.7 Å². The van der Waals surface area contributed by atoms with Gasteiger partial charge in [0, 0.05) is 19.5 Å². The molecular formula is C29H27N3O. The van der Waals surface area contributed by atoms with Crippen molar-refractivity contribution in [3.8, 4) is 0 Å². The lowest BCUT2D eigenvalue weighted by Gasteiger charge is -2.11. The standard InChI is InChI=1S/C29H27N3O/c33-29(20-22-9-2-1-3-10-22)30-18-8-15-28-31-26-13-6-7-14-27(26)32(28)21-23-16-17-24-11-4-5-12-25(24)19-23/h1-7,9-14,16-17,19H,8,15,18,20-21H2,(H,30,33). The Balaban J connectivity index is 1.28. The van der Waals surface area contributed by atoms with E-state index in [2.05, 4.69) is 70.5 Å². The minimum Gasteiger partial charge on any atom is -0.356 e. The van der Waals surface area contributed by atoms with Crippen LogP contribution in [0.25, 0.3) is 21.8 Å². The second kappa shape index (κ2) is 9.70. The van der Waals surface area contributed by atoms with Gasteiger partial charge in [0.15, 0.2) is 0 Å². The highest BCUT2D eigenvalue weighted by atomic mass is 16.1. The van der Waals surface area contributed by atoms with E-state index < -0.39 is 0 Å². The molecular weight excluding hydrogens is 406 g/mol. The van der Waals surface area contributed by atoms with Gasteiger partial charge in [-0.3, -0.25) is 4.79 Å². The number of carbonyl (C=O) groups excluding carboxylic acids is 1. The zero-order valence-corrected chi connectivity index (χ0v) is 18.6. The van der Waals surface area contributed by atoms with E-state index in [0.29, 0.717) is 13.0 Å². The monoisotopic (exact) mass is 433 g/mol. The summed E-state index contributed by atoms with van der Waals surface area (Å²) in [6, 6.07) is 33.2. The Kier molecular flexibility index (Phi) is 6.16. The highest BCUT2D eigenvalue weighted by molar-refractivity contribution is 5.83. The van der Waals surface area contributed by atoms with Crippen molar-refractivity contribution in [3.05, 3.63) is 114 Å². The number of hydrogen-bond acceptors (Lipinski definition) is 2. The highest BCUT2D eigenvalue weighted by Crippen LogP contribution is 2.21. The fraction of sp³-hybridized carbons (Fsp3) is 0.172. The summed E-state index contributed by atoms with van der Waals surface area (Å²) in [4.78, 5) is 17.2. The summed E-state index contributed by atoms with van der Waals surface area (Å²) < 4.78 is 2.31. The van der Waals surface area contributed by atoms with Gasteiger partial charge in [-0.25, -0.2) is 4.98 Å². The molecule has 1 N–H and O–H groups in total. The van der Waals surface area contributed by atoms with Gasteiger partial charge in [0.2, 0.25) is 5.91 Å². The third-order valence-corrected chi connectivity index (χ3v) is 6.00. The van der Waals surface area contributed by atoms with E-state index in [1.165, 1.54) is 16.3 Å². The van der Waals surface area contributed by atoms with Crippen molar-refractivity contribution in [2.75, 3.05) is 6.54 Å². The molecule has 164 valence electrons. The molecule has 1 heterocycles. The molecule has 0 aliphatic rings. The number of fused-ring (bicyclic) bond motifs is 2. The van der Waals surface area contributed by atoms with Crippen molar-refractivity contribution in [1.29, 1.82) is 0 Å². The number of benzene rings is 4. The molecule has 4 aromatic carbocycles.